The first kappa shape index (κ1) is 17.9. The SMILES string of the molecule is CCc1nc2c(c(=O)n(Cc3ccc(Cl)cc3)c(=O)n2OC(C)=O)n1C. The highest BCUT2D eigenvalue weighted by Crippen LogP contribution is 2.12. The molecule has 0 fully saturated rings. The second kappa shape index (κ2) is 6.80. The maximum Gasteiger partial charge on any atom is 0.367 e. The van der Waals surface area contributed by atoms with E-state index in [9.17, 15) is 14.4 Å². The Morgan fingerprint density at radius 2 is 1.88 bits per heavy atom. The van der Waals surface area contributed by atoms with E-state index in [1.165, 1.54) is 6.92 Å². The van der Waals surface area contributed by atoms with Crippen LogP contribution in [0.5, 0.6) is 0 Å². The third-order valence-electron chi connectivity index (χ3n) is 4.00. The lowest BCUT2D eigenvalue weighted by molar-refractivity contribution is -0.141. The van der Waals surface area contributed by atoms with Crippen LogP contribution in [0.3, 0.4) is 0 Å². The van der Waals surface area contributed by atoms with Gasteiger partial charge in [-0.2, -0.15) is 0 Å². The lowest BCUT2D eigenvalue weighted by atomic mass is 10.2. The van der Waals surface area contributed by atoms with Gasteiger partial charge in [0.15, 0.2) is 5.52 Å². The van der Waals surface area contributed by atoms with Crippen molar-refractivity contribution < 1.29 is 9.63 Å². The standard InChI is InChI=1S/C17H17ClN4O4/c1-4-13-19-15-14(20(13)3)16(24)21(17(25)22(15)26-10(2)23)9-11-5-7-12(18)8-6-11/h5-8H,4,9H2,1-3H3. The molecule has 0 saturated heterocycles. The van der Waals surface area contributed by atoms with Crippen molar-refractivity contribution in [1.29, 1.82) is 0 Å². The van der Waals surface area contributed by atoms with Crippen LogP contribution in [0, 0.1) is 0 Å². The number of benzene rings is 1. The number of carbonyl (C=O) groups excluding carboxylic acids is 1. The van der Waals surface area contributed by atoms with Gasteiger partial charge in [-0.25, -0.2) is 14.6 Å². The van der Waals surface area contributed by atoms with E-state index < -0.39 is 17.2 Å². The van der Waals surface area contributed by atoms with Crippen LogP contribution in [-0.4, -0.2) is 24.8 Å². The molecule has 0 saturated carbocycles. The average molecular weight is 377 g/mol. The predicted octanol–water partition coefficient (Wildman–Crippen LogP) is 1.14. The average Bonchev–Trinajstić information content (AvgIpc) is 2.93. The van der Waals surface area contributed by atoms with E-state index in [0.29, 0.717) is 22.8 Å². The lowest BCUT2D eigenvalue weighted by Crippen LogP contribution is -2.43. The molecular weight excluding hydrogens is 360 g/mol. The normalized spacial score (nSPS) is 11.1. The van der Waals surface area contributed by atoms with Gasteiger partial charge in [0.05, 0.1) is 6.54 Å². The van der Waals surface area contributed by atoms with Gasteiger partial charge < -0.3 is 9.40 Å². The van der Waals surface area contributed by atoms with Gasteiger partial charge in [0.25, 0.3) is 5.56 Å². The van der Waals surface area contributed by atoms with Gasteiger partial charge in [0.1, 0.15) is 5.82 Å². The quantitative estimate of drug-likeness (QED) is 0.681. The van der Waals surface area contributed by atoms with Crippen molar-refractivity contribution in [3.63, 3.8) is 0 Å². The Morgan fingerprint density at radius 3 is 2.46 bits per heavy atom. The number of aromatic nitrogens is 4. The fourth-order valence-electron chi connectivity index (χ4n) is 2.76. The number of aryl methyl sites for hydroxylation is 2. The van der Waals surface area contributed by atoms with E-state index in [1.807, 2.05) is 6.92 Å². The van der Waals surface area contributed by atoms with Gasteiger partial charge in [-0.05, 0) is 17.7 Å². The first-order valence-electron chi connectivity index (χ1n) is 7.98. The second-order valence-corrected chi connectivity index (χ2v) is 6.23. The third-order valence-corrected chi connectivity index (χ3v) is 4.26. The molecule has 0 aliphatic carbocycles. The van der Waals surface area contributed by atoms with E-state index in [2.05, 4.69) is 4.98 Å². The molecular formula is C17H17ClN4O4. The van der Waals surface area contributed by atoms with E-state index in [0.717, 1.165) is 9.30 Å². The molecule has 136 valence electrons. The summed E-state index contributed by atoms with van der Waals surface area (Å²) < 4.78 is 3.39. The fraction of sp³-hybridized carbons (Fsp3) is 0.294. The summed E-state index contributed by atoms with van der Waals surface area (Å²) >= 11 is 5.87. The van der Waals surface area contributed by atoms with Gasteiger partial charge >= 0.3 is 11.7 Å². The number of carbonyl (C=O) groups is 1. The maximum atomic E-state index is 12.9. The molecule has 0 atom stereocenters. The van der Waals surface area contributed by atoms with E-state index in [4.69, 9.17) is 16.4 Å². The first-order valence-corrected chi connectivity index (χ1v) is 8.35. The molecule has 9 heteroatoms. The zero-order chi connectivity index (χ0) is 19.0. The van der Waals surface area contributed by atoms with Gasteiger partial charge in [-0.1, -0.05) is 35.4 Å². The number of hydrogen-bond acceptors (Lipinski definition) is 5. The Kier molecular flexibility index (Phi) is 4.69. The molecule has 0 spiro atoms. The van der Waals surface area contributed by atoms with Crippen LogP contribution in [0.2, 0.25) is 5.02 Å². The number of rotatable bonds is 4. The Balaban J connectivity index is 2.30. The molecule has 0 amide bonds. The highest BCUT2D eigenvalue weighted by Gasteiger charge is 2.21. The van der Waals surface area contributed by atoms with E-state index >= 15 is 0 Å². The topological polar surface area (TPSA) is 88.1 Å². The summed E-state index contributed by atoms with van der Waals surface area (Å²) in [6.07, 6.45) is 0.552. The Labute approximate surface area is 153 Å². The third kappa shape index (κ3) is 3.03. The minimum atomic E-state index is -0.770. The van der Waals surface area contributed by atoms with E-state index in [1.54, 1.807) is 35.9 Å². The number of halogens is 1. The molecule has 8 nitrogen and oxygen atoms in total. The lowest BCUT2D eigenvalue weighted by Gasteiger charge is -2.10. The van der Waals surface area contributed by atoms with Crippen molar-refractivity contribution in [2.75, 3.05) is 0 Å². The molecule has 0 radical (unpaired) electrons. The monoisotopic (exact) mass is 376 g/mol. The summed E-state index contributed by atoms with van der Waals surface area (Å²) in [5.41, 5.74) is -0.342. The highest BCUT2D eigenvalue weighted by atomic mass is 35.5. The fourth-order valence-corrected chi connectivity index (χ4v) is 2.89. The molecule has 0 bridgehead atoms. The van der Waals surface area contributed by atoms with Crippen molar-refractivity contribution >= 4 is 28.7 Å². The van der Waals surface area contributed by atoms with Gasteiger partial charge in [0.2, 0.25) is 5.65 Å². The Bertz CT molecular complexity index is 1110. The predicted molar refractivity (Wildman–Crippen MR) is 96.4 cm³/mol. The first-order chi connectivity index (χ1) is 12.3. The van der Waals surface area contributed by atoms with Crippen LogP contribution >= 0.6 is 11.6 Å². The minimum Gasteiger partial charge on any atom is -0.330 e. The maximum absolute atomic E-state index is 12.9. The van der Waals surface area contributed by atoms with Gasteiger partial charge in [-0.3, -0.25) is 9.36 Å². The zero-order valence-corrected chi connectivity index (χ0v) is 15.3. The van der Waals surface area contributed by atoms with Crippen LogP contribution in [0.15, 0.2) is 33.9 Å². The van der Waals surface area contributed by atoms with Crippen LogP contribution in [0.1, 0.15) is 25.2 Å². The number of nitrogens with zero attached hydrogens (tertiary/aromatic N) is 4. The molecule has 2 aromatic heterocycles. The van der Waals surface area contributed by atoms with Crippen molar-refractivity contribution in [3.05, 3.63) is 61.5 Å². The van der Waals surface area contributed by atoms with Crippen molar-refractivity contribution in [1.82, 2.24) is 18.8 Å². The van der Waals surface area contributed by atoms with Gasteiger partial charge in [-0.15, -0.1) is 0 Å². The van der Waals surface area contributed by atoms with Crippen molar-refractivity contribution in [3.8, 4) is 0 Å². The summed E-state index contributed by atoms with van der Waals surface area (Å²) in [6.45, 7) is 3.07. The van der Waals surface area contributed by atoms with Gasteiger partial charge in [0, 0.05) is 25.4 Å². The van der Waals surface area contributed by atoms with Crippen molar-refractivity contribution in [2.45, 2.75) is 26.8 Å². The molecule has 1 aromatic carbocycles. The summed E-state index contributed by atoms with van der Waals surface area (Å²) in [7, 11) is 1.69. The summed E-state index contributed by atoms with van der Waals surface area (Å²) in [5, 5.41) is 0.549. The molecule has 0 aliphatic heterocycles. The molecule has 3 rings (SSSR count). The smallest absolute Gasteiger partial charge is 0.330 e. The molecule has 0 unspecified atom stereocenters. The minimum absolute atomic E-state index is 0.0126. The zero-order valence-electron chi connectivity index (χ0n) is 14.5. The summed E-state index contributed by atoms with van der Waals surface area (Å²) in [5.74, 6) is -0.0876. The van der Waals surface area contributed by atoms with Crippen LogP contribution < -0.4 is 16.1 Å². The Morgan fingerprint density at radius 1 is 1.23 bits per heavy atom. The Hall–Kier alpha value is -2.87. The van der Waals surface area contributed by atoms with Crippen LogP contribution in [0.4, 0.5) is 0 Å². The number of imidazole rings is 1. The van der Waals surface area contributed by atoms with Crippen LogP contribution in [0.25, 0.3) is 11.2 Å². The molecule has 2 heterocycles. The summed E-state index contributed by atoms with van der Waals surface area (Å²) in [4.78, 5) is 46.5. The van der Waals surface area contributed by atoms with E-state index in [-0.39, 0.29) is 17.7 Å². The number of fused-ring (bicyclic) bond motifs is 1. The molecule has 3 aromatic rings. The second-order valence-electron chi connectivity index (χ2n) is 5.79. The van der Waals surface area contributed by atoms with Crippen molar-refractivity contribution in [2.24, 2.45) is 7.05 Å². The summed E-state index contributed by atoms with van der Waals surface area (Å²) in [6, 6.07) is 6.78. The molecule has 26 heavy (non-hydrogen) atoms. The molecule has 0 N–H and O–H groups in total. The van der Waals surface area contributed by atoms with Crippen LogP contribution in [-0.2, 0) is 24.8 Å². The molecule has 0 aliphatic rings. The number of hydrogen-bond donors (Lipinski definition) is 0. The highest BCUT2D eigenvalue weighted by molar-refractivity contribution is 6.30. The largest absolute Gasteiger partial charge is 0.367 e.